The molecule has 1 aromatic carbocycles. The van der Waals surface area contributed by atoms with Crippen molar-refractivity contribution in [2.75, 3.05) is 0 Å². The van der Waals surface area contributed by atoms with E-state index >= 15 is 0 Å². The van der Waals surface area contributed by atoms with E-state index in [0.29, 0.717) is 17.9 Å². The van der Waals surface area contributed by atoms with Crippen LogP contribution in [0, 0.1) is 0 Å². The van der Waals surface area contributed by atoms with Gasteiger partial charge in [0.25, 0.3) is 6.43 Å². The van der Waals surface area contributed by atoms with Gasteiger partial charge in [-0.3, -0.25) is 4.68 Å². The molecule has 0 saturated heterocycles. The average molecular weight is 333 g/mol. The lowest BCUT2D eigenvalue weighted by Crippen LogP contribution is -2.37. The Bertz CT molecular complexity index is 863. The number of ether oxygens (including phenoxy) is 1. The second-order valence-electron chi connectivity index (χ2n) is 5.57. The standard InChI is InChI=1S/C15H13F2N5O2/c1-22-7-10(19-21-22)14-18-15(24-20-14)9-6-8-4-2-3-5-11(8)23-12(9)13(16)17/h2-5,7,9,12-13H,6H2,1H3/t9-,12-/m1/s1. The number of rotatable bonds is 3. The van der Waals surface area contributed by atoms with Gasteiger partial charge in [0.05, 0.1) is 12.1 Å². The van der Waals surface area contributed by atoms with Crippen molar-refractivity contribution >= 4 is 0 Å². The second kappa shape index (κ2) is 5.66. The molecule has 1 aliphatic rings. The van der Waals surface area contributed by atoms with Gasteiger partial charge in [-0.15, -0.1) is 5.10 Å². The molecule has 2 atom stereocenters. The molecule has 2 aromatic heterocycles. The Morgan fingerprint density at radius 1 is 1.29 bits per heavy atom. The highest BCUT2D eigenvalue weighted by atomic mass is 19.3. The minimum Gasteiger partial charge on any atom is -0.483 e. The molecule has 0 radical (unpaired) electrons. The molecule has 124 valence electrons. The number of halogens is 2. The summed E-state index contributed by atoms with van der Waals surface area (Å²) in [5.41, 5.74) is 1.25. The first kappa shape index (κ1) is 14.7. The molecule has 1 aliphatic heterocycles. The highest BCUT2D eigenvalue weighted by Gasteiger charge is 2.40. The smallest absolute Gasteiger partial charge is 0.275 e. The molecular formula is C15H13F2N5O2. The molecule has 3 aromatic rings. The number of nitrogens with zero attached hydrogens (tertiary/aromatic N) is 5. The number of aryl methyl sites for hydroxylation is 1. The van der Waals surface area contributed by atoms with Crippen LogP contribution in [0.4, 0.5) is 8.78 Å². The van der Waals surface area contributed by atoms with Crippen molar-refractivity contribution in [3.8, 4) is 17.3 Å². The molecule has 0 fully saturated rings. The first-order valence-electron chi connectivity index (χ1n) is 7.35. The molecule has 0 N–H and O–H groups in total. The largest absolute Gasteiger partial charge is 0.483 e. The van der Waals surface area contributed by atoms with Crippen molar-refractivity contribution in [2.24, 2.45) is 7.05 Å². The maximum Gasteiger partial charge on any atom is 0.275 e. The van der Waals surface area contributed by atoms with Gasteiger partial charge < -0.3 is 9.26 Å². The van der Waals surface area contributed by atoms with Crippen LogP contribution in [0.1, 0.15) is 17.4 Å². The van der Waals surface area contributed by atoms with Crippen LogP contribution >= 0.6 is 0 Å². The molecule has 0 spiro atoms. The van der Waals surface area contributed by atoms with Crippen molar-refractivity contribution in [1.29, 1.82) is 0 Å². The molecule has 0 aliphatic carbocycles. The van der Waals surface area contributed by atoms with Gasteiger partial charge in [-0.05, 0) is 18.1 Å². The highest BCUT2D eigenvalue weighted by Crippen LogP contribution is 2.38. The van der Waals surface area contributed by atoms with Crippen molar-refractivity contribution < 1.29 is 18.0 Å². The number of aromatic nitrogens is 5. The fourth-order valence-electron chi connectivity index (χ4n) is 2.76. The SMILES string of the molecule is Cn1cc(-c2noc([C@@H]3Cc4ccccc4O[C@H]3C(F)F)n2)nn1. The summed E-state index contributed by atoms with van der Waals surface area (Å²) in [6.45, 7) is 0. The van der Waals surface area contributed by atoms with Crippen LogP contribution in [0.5, 0.6) is 5.75 Å². The molecule has 0 bridgehead atoms. The lowest BCUT2D eigenvalue weighted by Gasteiger charge is -2.30. The van der Waals surface area contributed by atoms with Crippen LogP contribution in [0.15, 0.2) is 35.0 Å². The normalized spacial score (nSPS) is 20.0. The summed E-state index contributed by atoms with van der Waals surface area (Å²) in [7, 11) is 1.70. The van der Waals surface area contributed by atoms with E-state index < -0.39 is 18.4 Å². The van der Waals surface area contributed by atoms with Gasteiger partial charge >= 0.3 is 0 Å². The first-order chi connectivity index (χ1) is 11.6. The maximum absolute atomic E-state index is 13.4. The van der Waals surface area contributed by atoms with Crippen LogP contribution < -0.4 is 4.74 Å². The van der Waals surface area contributed by atoms with Gasteiger partial charge in [0, 0.05) is 7.05 Å². The number of fused-ring (bicyclic) bond motifs is 1. The number of benzene rings is 1. The molecular weight excluding hydrogens is 320 g/mol. The molecule has 0 saturated carbocycles. The lowest BCUT2D eigenvalue weighted by atomic mass is 9.90. The third-order valence-electron chi connectivity index (χ3n) is 3.91. The zero-order valence-electron chi connectivity index (χ0n) is 12.6. The summed E-state index contributed by atoms with van der Waals surface area (Å²) < 4.78 is 39.1. The van der Waals surface area contributed by atoms with Crippen LogP contribution in [0.25, 0.3) is 11.5 Å². The predicted octanol–water partition coefficient (Wildman–Crippen LogP) is 2.22. The van der Waals surface area contributed by atoms with Gasteiger partial charge in [0.15, 0.2) is 11.8 Å². The molecule has 24 heavy (non-hydrogen) atoms. The molecule has 0 unspecified atom stereocenters. The van der Waals surface area contributed by atoms with E-state index in [1.54, 1.807) is 25.4 Å². The third kappa shape index (κ3) is 2.51. The van der Waals surface area contributed by atoms with Crippen molar-refractivity contribution in [3.05, 3.63) is 41.9 Å². The van der Waals surface area contributed by atoms with Crippen LogP contribution in [-0.2, 0) is 13.5 Å². The van der Waals surface area contributed by atoms with E-state index in [0.717, 1.165) is 5.56 Å². The van der Waals surface area contributed by atoms with Crippen LogP contribution in [0.2, 0.25) is 0 Å². The van der Waals surface area contributed by atoms with Crippen molar-refractivity contribution in [1.82, 2.24) is 25.1 Å². The summed E-state index contributed by atoms with van der Waals surface area (Å²) in [6.07, 6.45) is -2.05. The Morgan fingerprint density at radius 2 is 2.12 bits per heavy atom. The zero-order valence-corrected chi connectivity index (χ0v) is 12.6. The maximum atomic E-state index is 13.4. The van der Waals surface area contributed by atoms with Gasteiger partial charge in [-0.25, -0.2) is 8.78 Å². The van der Waals surface area contributed by atoms with E-state index in [1.807, 2.05) is 12.1 Å². The van der Waals surface area contributed by atoms with E-state index in [4.69, 9.17) is 9.26 Å². The molecule has 9 heteroatoms. The first-order valence-corrected chi connectivity index (χ1v) is 7.35. The summed E-state index contributed by atoms with van der Waals surface area (Å²) in [5.74, 6) is 0.0611. The molecule has 4 rings (SSSR count). The number of hydrogen-bond acceptors (Lipinski definition) is 6. The Labute approximate surface area is 135 Å². The highest BCUT2D eigenvalue weighted by molar-refractivity contribution is 5.45. The Hall–Kier alpha value is -2.84. The minimum atomic E-state index is -2.67. The molecule has 0 amide bonds. The summed E-state index contributed by atoms with van der Waals surface area (Å²) in [5, 5.41) is 11.5. The van der Waals surface area contributed by atoms with Crippen molar-refractivity contribution in [2.45, 2.75) is 24.9 Å². The summed E-state index contributed by atoms with van der Waals surface area (Å²) >= 11 is 0. The van der Waals surface area contributed by atoms with E-state index in [-0.39, 0.29) is 11.7 Å². The zero-order chi connectivity index (χ0) is 16.7. The fraction of sp³-hybridized carbons (Fsp3) is 0.333. The Balaban J connectivity index is 1.68. The summed E-state index contributed by atoms with van der Waals surface area (Å²) in [4.78, 5) is 4.22. The molecule has 7 nitrogen and oxygen atoms in total. The molecule has 3 heterocycles. The minimum absolute atomic E-state index is 0.107. The monoisotopic (exact) mass is 333 g/mol. The topological polar surface area (TPSA) is 78.9 Å². The average Bonchev–Trinajstić information content (AvgIpc) is 3.22. The van der Waals surface area contributed by atoms with Crippen molar-refractivity contribution in [3.63, 3.8) is 0 Å². The lowest BCUT2D eigenvalue weighted by molar-refractivity contribution is -0.0175. The van der Waals surface area contributed by atoms with E-state index in [2.05, 4.69) is 20.5 Å². The van der Waals surface area contributed by atoms with E-state index in [1.165, 1.54) is 4.68 Å². The van der Waals surface area contributed by atoms with Crippen LogP contribution in [0.3, 0.4) is 0 Å². The van der Waals surface area contributed by atoms with Gasteiger partial charge in [-0.1, -0.05) is 28.6 Å². The number of hydrogen-bond donors (Lipinski definition) is 0. The third-order valence-corrected chi connectivity index (χ3v) is 3.91. The van der Waals surface area contributed by atoms with Gasteiger partial charge in [-0.2, -0.15) is 4.98 Å². The Morgan fingerprint density at radius 3 is 2.88 bits per heavy atom. The number of alkyl halides is 2. The predicted molar refractivity (Wildman–Crippen MR) is 77.6 cm³/mol. The van der Waals surface area contributed by atoms with Gasteiger partial charge in [0.1, 0.15) is 5.75 Å². The summed E-state index contributed by atoms with van der Waals surface area (Å²) in [6, 6.07) is 7.10. The second-order valence-corrected chi connectivity index (χ2v) is 5.57. The Kier molecular flexibility index (Phi) is 3.47. The van der Waals surface area contributed by atoms with Gasteiger partial charge in [0.2, 0.25) is 11.7 Å². The van der Waals surface area contributed by atoms with E-state index in [9.17, 15) is 8.78 Å². The van der Waals surface area contributed by atoms with Crippen LogP contribution in [-0.4, -0.2) is 37.7 Å². The quantitative estimate of drug-likeness (QED) is 0.731. The fourth-order valence-corrected chi connectivity index (χ4v) is 2.76. The number of para-hydroxylation sites is 1.